The average molecular weight is 527 g/mol. The molecule has 0 saturated heterocycles. The minimum absolute atomic E-state index is 0. The van der Waals surface area contributed by atoms with Crippen molar-refractivity contribution in [2.24, 2.45) is 0 Å². The molecule has 0 fully saturated rings. The van der Waals surface area contributed by atoms with Gasteiger partial charge in [0.15, 0.2) is 0 Å². The van der Waals surface area contributed by atoms with Gasteiger partial charge in [-0.1, -0.05) is 0 Å². The normalized spacial score (nSPS) is 5.56. The molecule has 0 aliphatic heterocycles. The summed E-state index contributed by atoms with van der Waals surface area (Å²) >= 11 is 0. The van der Waals surface area contributed by atoms with Crippen LogP contribution in [0.5, 0.6) is 0 Å². The summed E-state index contributed by atoms with van der Waals surface area (Å²) in [7, 11) is 0. The van der Waals surface area contributed by atoms with Crippen molar-refractivity contribution in [3.8, 4) is 0 Å². The first-order valence-electron chi connectivity index (χ1n) is 5.45. The fourth-order valence-corrected chi connectivity index (χ4v) is 0. The molecule has 0 aliphatic rings. The van der Waals surface area contributed by atoms with E-state index < -0.39 is 35.8 Å². The van der Waals surface area contributed by atoms with E-state index in [0.717, 1.165) is 41.5 Å². The molecule has 0 amide bonds. The van der Waals surface area contributed by atoms with Crippen LogP contribution in [0.1, 0.15) is 41.5 Å². The van der Waals surface area contributed by atoms with Crippen LogP contribution in [0.4, 0.5) is 0 Å². The standard InChI is InChI=1S/6C2H4O2.Co.Mn.Ni/c6*1-2(3)4;;;/h6*1H3,(H,3,4);;;/q;;;;;;3*+2/p-6. The Morgan fingerprint density at radius 1 is 0.407 bits per heavy atom. The molecular weight excluding hydrogens is 509 g/mol. The van der Waals surface area contributed by atoms with E-state index in [-0.39, 0.29) is 50.3 Å². The molecule has 0 rings (SSSR count). The molecule has 0 heterocycles. The topological polar surface area (TPSA) is 241 Å². The summed E-state index contributed by atoms with van der Waals surface area (Å²) < 4.78 is 0. The number of carboxylic acids is 6. The molecule has 0 unspecified atom stereocenters. The van der Waals surface area contributed by atoms with Gasteiger partial charge >= 0.3 is 50.3 Å². The summed E-state index contributed by atoms with van der Waals surface area (Å²) in [4.78, 5) is 53.3. The number of hydrogen-bond acceptors (Lipinski definition) is 12. The van der Waals surface area contributed by atoms with Crippen LogP contribution in [0.15, 0.2) is 0 Å². The maximum Gasteiger partial charge on any atom is 2.00 e. The summed E-state index contributed by atoms with van der Waals surface area (Å²) in [6.07, 6.45) is 0. The Morgan fingerprint density at radius 2 is 0.407 bits per heavy atom. The zero-order chi connectivity index (χ0) is 21.5. The van der Waals surface area contributed by atoms with Crippen LogP contribution in [0.25, 0.3) is 0 Å². The Labute approximate surface area is 186 Å². The molecule has 0 aliphatic carbocycles. The first kappa shape index (κ1) is 56.2. The van der Waals surface area contributed by atoms with E-state index >= 15 is 0 Å². The Kier molecular flexibility index (Phi) is 103. The fourth-order valence-electron chi connectivity index (χ4n) is 0. The minimum atomic E-state index is -1.08. The Bertz CT molecular complexity index is 274. The van der Waals surface area contributed by atoms with E-state index in [0.29, 0.717) is 0 Å². The number of hydrogen-bond donors (Lipinski definition) is 0. The van der Waals surface area contributed by atoms with Crippen molar-refractivity contribution in [3.63, 3.8) is 0 Å². The molecule has 0 N–H and O–H groups in total. The van der Waals surface area contributed by atoms with Crippen LogP contribution in [0.3, 0.4) is 0 Å². The van der Waals surface area contributed by atoms with Crippen molar-refractivity contribution in [1.82, 2.24) is 0 Å². The number of aliphatic carboxylic acids is 6. The van der Waals surface area contributed by atoms with Gasteiger partial charge in [-0.25, -0.2) is 0 Å². The van der Waals surface area contributed by atoms with Crippen molar-refractivity contribution in [3.05, 3.63) is 0 Å². The summed E-state index contributed by atoms with van der Waals surface area (Å²) in [6.45, 7) is 5.83. The molecule has 0 saturated carbocycles. The molecule has 27 heavy (non-hydrogen) atoms. The molecule has 0 aromatic rings. The fraction of sp³-hybridized carbons (Fsp3) is 0.500. The SMILES string of the molecule is CC(=O)[O-].CC(=O)[O-].CC(=O)[O-].CC(=O)[O-].CC(=O)[O-].CC(=O)[O-].[Co+2].[Mn+2].[Ni+2]. The second-order valence-electron chi connectivity index (χ2n) is 2.95. The second-order valence-corrected chi connectivity index (χ2v) is 2.95. The Balaban J connectivity index is -0.0000000201. The molecule has 0 spiro atoms. The molecule has 0 bridgehead atoms. The van der Waals surface area contributed by atoms with Crippen LogP contribution >= 0.6 is 0 Å². The maximum absolute atomic E-state index is 8.89. The van der Waals surface area contributed by atoms with Crippen molar-refractivity contribution < 1.29 is 110 Å². The molecule has 2 radical (unpaired) electrons. The van der Waals surface area contributed by atoms with E-state index in [1.165, 1.54) is 0 Å². The van der Waals surface area contributed by atoms with Crippen molar-refractivity contribution >= 4 is 35.8 Å². The second kappa shape index (κ2) is 49.7. The van der Waals surface area contributed by atoms with Crippen LogP contribution in [-0.2, 0) is 79.1 Å². The average Bonchev–Trinajstić information content (AvgIpc) is 2.08. The van der Waals surface area contributed by atoms with Gasteiger partial charge in [-0.15, -0.1) is 0 Å². The largest absolute Gasteiger partial charge is 2.00 e. The van der Waals surface area contributed by atoms with Crippen LogP contribution < -0.4 is 30.6 Å². The van der Waals surface area contributed by atoms with Gasteiger partial charge in [0, 0.05) is 35.8 Å². The Morgan fingerprint density at radius 3 is 0.407 bits per heavy atom. The molecule has 0 aromatic heterocycles. The molecular formula is C12H18CoMnNiO12. The third kappa shape index (κ3) is 4410. The monoisotopic (exact) mass is 526 g/mol. The van der Waals surface area contributed by atoms with E-state index in [2.05, 4.69) is 0 Å². The number of carbonyl (C=O) groups excluding carboxylic acids is 6. The molecule has 12 nitrogen and oxygen atoms in total. The molecule has 0 aromatic carbocycles. The van der Waals surface area contributed by atoms with Crippen LogP contribution in [0.2, 0.25) is 0 Å². The van der Waals surface area contributed by atoms with Gasteiger partial charge in [-0.3, -0.25) is 0 Å². The third-order valence-corrected chi connectivity index (χ3v) is 0. The summed E-state index contributed by atoms with van der Waals surface area (Å²) in [5.74, 6) is -6.50. The zero-order valence-corrected chi connectivity index (χ0v) is 18.1. The number of rotatable bonds is 0. The van der Waals surface area contributed by atoms with E-state index in [4.69, 9.17) is 59.4 Å². The van der Waals surface area contributed by atoms with Crippen LogP contribution in [0, 0.1) is 0 Å². The van der Waals surface area contributed by atoms with Gasteiger partial charge in [0.25, 0.3) is 0 Å². The van der Waals surface area contributed by atoms with Gasteiger partial charge in [0.1, 0.15) is 0 Å². The van der Waals surface area contributed by atoms with E-state index in [1.54, 1.807) is 0 Å². The van der Waals surface area contributed by atoms with Crippen molar-refractivity contribution in [2.75, 3.05) is 0 Å². The summed E-state index contributed by atoms with van der Waals surface area (Å²) in [5.41, 5.74) is 0. The van der Waals surface area contributed by atoms with Gasteiger partial charge in [0.05, 0.1) is 0 Å². The summed E-state index contributed by atoms with van der Waals surface area (Å²) in [5, 5.41) is 53.3. The zero-order valence-electron chi connectivity index (χ0n) is 14.9. The molecule has 15 heteroatoms. The molecule has 164 valence electrons. The van der Waals surface area contributed by atoms with Gasteiger partial charge in [-0.2, -0.15) is 0 Å². The quantitative estimate of drug-likeness (QED) is 0.267. The van der Waals surface area contributed by atoms with E-state index in [9.17, 15) is 0 Å². The van der Waals surface area contributed by atoms with Crippen molar-refractivity contribution in [2.45, 2.75) is 41.5 Å². The van der Waals surface area contributed by atoms with Gasteiger partial charge in [-0.05, 0) is 41.5 Å². The van der Waals surface area contributed by atoms with Crippen molar-refractivity contribution in [1.29, 1.82) is 0 Å². The van der Waals surface area contributed by atoms with Gasteiger partial charge < -0.3 is 59.4 Å². The van der Waals surface area contributed by atoms with Gasteiger partial charge in [0.2, 0.25) is 0 Å². The Hall–Kier alpha value is -1.66. The molecule has 0 atom stereocenters. The minimum Gasteiger partial charge on any atom is -0.550 e. The maximum atomic E-state index is 8.89. The van der Waals surface area contributed by atoms with Crippen LogP contribution in [-0.4, -0.2) is 35.8 Å². The van der Waals surface area contributed by atoms with E-state index in [1.807, 2.05) is 0 Å². The third-order valence-electron chi connectivity index (χ3n) is 0. The first-order valence-corrected chi connectivity index (χ1v) is 5.45. The predicted molar refractivity (Wildman–Crippen MR) is 64.1 cm³/mol. The predicted octanol–water partition coefficient (Wildman–Crippen LogP) is -7.47. The summed E-state index contributed by atoms with van der Waals surface area (Å²) in [6, 6.07) is 0. The number of carboxylic acid groups (broad SMARTS) is 6. The smallest absolute Gasteiger partial charge is 0.550 e. The number of carbonyl (C=O) groups is 6. The first-order chi connectivity index (χ1) is 10.4.